The normalized spacial score (nSPS) is 10.3. The van der Waals surface area contributed by atoms with Gasteiger partial charge in [-0.3, -0.25) is 4.79 Å². The first kappa shape index (κ1) is 16.4. The van der Waals surface area contributed by atoms with Gasteiger partial charge in [0.1, 0.15) is 5.82 Å². The van der Waals surface area contributed by atoms with Crippen molar-refractivity contribution in [3.8, 4) is 0 Å². The number of aryl methyl sites for hydroxylation is 1. The Labute approximate surface area is 135 Å². The molecule has 2 aromatic rings. The molecule has 0 bridgehead atoms. The summed E-state index contributed by atoms with van der Waals surface area (Å²) < 4.78 is 1.90. The summed E-state index contributed by atoms with van der Waals surface area (Å²) in [5, 5.41) is 2.93. The van der Waals surface area contributed by atoms with Gasteiger partial charge < -0.3 is 9.88 Å². The highest BCUT2D eigenvalue weighted by molar-refractivity contribution is 7.99. The molecule has 0 radical (unpaired) electrons. The van der Waals surface area contributed by atoms with Crippen LogP contribution < -0.4 is 5.32 Å². The molecule has 0 fully saturated rings. The maximum atomic E-state index is 12.4. The largest absolute Gasteiger partial charge is 0.345 e. The smallest absolute Gasteiger partial charge is 0.252 e. The topological polar surface area (TPSA) is 46.9 Å². The van der Waals surface area contributed by atoms with E-state index >= 15 is 0 Å². The van der Waals surface area contributed by atoms with Gasteiger partial charge in [-0.15, -0.1) is 11.8 Å². The molecule has 5 heteroatoms. The highest BCUT2D eigenvalue weighted by Crippen LogP contribution is 2.23. The Balaban J connectivity index is 2.02. The van der Waals surface area contributed by atoms with Crippen molar-refractivity contribution in [2.75, 3.05) is 5.75 Å². The zero-order valence-electron chi connectivity index (χ0n) is 13.2. The van der Waals surface area contributed by atoms with Crippen molar-refractivity contribution in [2.24, 2.45) is 7.05 Å². The van der Waals surface area contributed by atoms with Gasteiger partial charge in [-0.1, -0.05) is 23.8 Å². The summed E-state index contributed by atoms with van der Waals surface area (Å²) in [6.07, 6.45) is 5.75. The second kappa shape index (κ2) is 7.84. The van der Waals surface area contributed by atoms with Gasteiger partial charge in [0, 0.05) is 30.1 Å². The van der Waals surface area contributed by atoms with Crippen LogP contribution in [-0.4, -0.2) is 21.2 Å². The predicted octanol–water partition coefficient (Wildman–Crippen LogP) is 3.41. The second-order valence-electron chi connectivity index (χ2n) is 5.23. The van der Waals surface area contributed by atoms with Crippen LogP contribution in [0.1, 0.15) is 30.0 Å². The molecule has 0 atom stereocenters. The van der Waals surface area contributed by atoms with Gasteiger partial charge in [-0.25, -0.2) is 4.98 Å². The number of thioether (sulfide) groups is 1. The number of benzene rings is 1. The molecular formula is C17H21N3OS. The second-order valence-corrected chi connectivity index (χ2v) is 6.29. The number of aromatic nitrogens is 2. The van der Waals surface area contributed by atoms with Crippen LogP contribution in [0.2, 0.25) is 0 Å². The van der Waals surface area contributed by atoms with Crippen molar-refractivity contribution in [2.45, 2.75) is 25.3 Å². The molecule has 0 aliphatic carbocycles. The molecule has 4 nitrogen and oxygen atoms in total. The van der Waals surface area contributed by atoms with Crippen molar-refractivity contribution in [3.63, 3.8) is 0 Å². The fourth-order valence-electron chi connectivity index (χ4n) is 1.90. The van der Waals surface area contributed by atoms with Crippen LogP contribution in [0.3, 0.4) is 0 Å². The van der Waals surface area contributed by atoms with Gasteiger partial charge in [0.25, 0.3) is 5.91 Å². The van der Waals surface area contributed by atoms with E-state index in [0.717, 1.165) is 16.5 Å². The molecule has 1 heterocycles. The van der Waals surface area contributed by atoms with Crippen LogP contribution in [0.15, 0.2) is 53.2 Å². The Hall–Kier alpha value is -2.01. The van der Waals surface area contributed by atoms with Gasteiger partial charge in [-0.05, 0) is 26.0 Å². The zero-order valence-corrected chi connectivity index (χ0v) is 14.0. The number of nitrogens with one attached hydrogen (secondary N) is 1. The first-order valence-electron chi connectivity index (χ1n) is 7.17. The van der Waals surface area contributed by atoms with Gasteiger partial charge in [0.2, 0.25) is 0 Å². The van der Waals surface area contributed by atoms with Crippen molar-refractivity contribution in [1.29, 1.82) is 0 Å². The highest BCUT2D eigenvalue weighted by atomic mass is 32.2. The zero-order chi connectivity index (χ0) is 15.9. The minimum absolute atomic E-state index is 0.0664. The number of carbonyl (C=O) groups is 1. The molecule has 0 aliphatic heterocycles. The molecule has 22 heavy (non-hydrogen) atoms. The lowest BCUT2D eigenvalue weighted by Crippen LogP contribution is -2.24. The number of rotatable bonds is 6. The molecular weight excluding hydrogens is 294 g/mol. The van der Waals surface area contributed by atoms with Crippen molar-refractivity contribution >= 4 is 17.7 Å². The van der Waals surface area contributed by atoms with Crippen LogP contribution in [0.4, 0.5) is 0 Å². The SMILES string of the molecule is CC(C)=CCSc1ccccc1C(=O)NCc1nccn1C. The molecule has 0 unspecified atom stereocenters. The Morgan fingerprint density at radius 1 is 1.36 bits per heavy atom. The van der Waals surface area contributed by atoms with E-state index in [4.69, 9.17) is 0 Å². The van der Waals surface area contributed by atoms with Crippen molar-refractivity contribution in [1.82, 2.24) is 14.9 Å². The third kappa shape index (κ3) is 4.49. The van der Waals surface area contributed by atoms with Crippen LogP contribution in [-0.2, 0) is 13.6 Å². The number of allylic oxidation sites excluding steroid dienone is 1. The minimum Gasteiger partial charge on any atom is -0.345 e. The fourth-order valence-corrected chi connectivity index (χ4v) is 2.99. The molecule has 1 amide bonds. The first-order chi connectivity index (χ1) is 10.6. The number of imidazole rings is 1. The number of carbonyl (C=O) groups excluding carboxylic acids is 1. The van der Waals surface area contributed by atoms with E-state index in [2.05, 4.69) is 30.2 Å². The Bertz CT molecular complexity index is 672. The lowest BCUT2D eigenvalue weighted by Gasteiger charge is -2.09. The molecule has 1 aromatic heterocycles. The Morgan fingerprint density at radius 2 is 2.14 bits per heavy atom. The lowest BCUT2D eigenvalue weighted by molar-refractivity contribution is 0.0946. The van der Waals surface area contributed by atoms with E-state index in [9.17, 15) is 4.79 Å². The number of amides is 1. The molecule has 0 aliphatic rings. The van der Waals surface area contributed by atoms with Gasteiger partial charge in [0.05, 0.1) is 12.1 Å². The number of nitrogens with zero attached hydrogens (tertiary/aromatic N) is 2. The molecule has 0 saturated carbocycles. The van der Waals surface area contributed by atoms with Crippen molar-refractivity contribution in [3.05, 3.63) is 59.7 Å². The number of hydrogen-bond acceptors (Lipinski definition) is 3. The van der Waals surface area contributed by atoms with Crippen LogP contribution >= 0.6 is 11.8 Å². The highest BCUT2D eigenvalue weighted by Gasteiger charge is 2.11. The van der Waals surface area contributed by atoms with E-state index in [1.165, 1.54) is 5.57 Å². The Kier molecular flexibility index (Phi) is 5.83. The minimum atomic E-state index is -0.0664. The van der Waals surface area contributed by atoms with E-state index in [-0.39, 0.29) is 5.91 Å². The van der Waals surface area contributed by atoms with E-state index in [1.54, 1.807) is 18.0 Å². The summed E-state index contributed by atoms with van der Waals surface area (Å²) in [5.74, 6) is 1.64. The Morgan fingerprint density at radius 3 is 2.82 bits per heavy atom. The molecule has 0 saturated heterocycles. The first-order valence-corrected chi connectivity index (χ1v) is 8.16. The third-order valence-corrected chi connectivity index (χ3v) is 4.19. The quantitative estimate of drug-likeness (QED) is 0.656. The average Bonchev–Trinajstić information content (AvgIpc) is 2.90. The molecule has 1 N–H and O–H groups in total. The van der Waals surface area contributed by atoms with Crippen molar-refractivity contribution < 1.29 is 4.79 Å². The predicted molar refractivity (Wildman–Crippen MR) is 91.0 cm³/mol. The summed E-state index contributed by atoms with van der Waals surface area (Å²) in [6.45, 7) is 4.58. The fraction of sp³-hybridized carbons (Fsp3) is 0.294. The molecule has 1 aromatic carbocycles. The van der Waals surface area contributed by atoms with Gasteiger partial charge in [-0.2, -0.15) is 0 Å². The summed E-state index contributed by atoms with van der Waals surface area (Å²) >= 11 is 1.67. The van der Waals surface area contributed by atoms with Crippen LogP contribution in [0, 0.1) is 0 Å². The van der Waals surface area contributed by atoms with Crippen LogP contribution in [0.25, 0.3) is 0 Å². The van der Waals surface area contributed by atoms with Gasteiger partial charge in [0.15, 0.2) is 0 Å². The summed E-state index contributed by atoms with van der Waals surface area (Å²) in [4.78, 5) is 17.6. The molecule has 116 valence electrons. The standard InChI is InChI=1S/C17H21N3OS/c1-13(2)8-11-22-15-7-5-4-6-14(15)17(21)19-12-16-18-9-10-20(16)3/h4-10H,11-12H2,1-3H3,(H,19,21). The summed E-state index contributed by atoms with van der Waals surface area (Å²) in [6, 6.07) is 7.69. The van der Waals surface area contributed by atoms with E-state index < -0.39 is 0 Å². The number of hydrogen-bond donors (Lipinski definition) is 1. The average molecular weight is 315 g/mol. The maximum absolute atomic E-state index is 12.4. The lowest BCUT2D eigenvalue weighted by atomic mass is 10.2. The van der Waals surface area contributed by atoms with E-state index in [0.29, 0.717) is 12.1 Å². The summed E-state index contributed by atoms with van der Waals surface area (Å²) in [5.41, 5.74) is 1.99. The third-order valence-electron chi connectivity index (χ3n) is 3.19. The molecule has 2 rings (SSSR count). The maximum Gasteiger partial charge on any atom is 0.252 e. The monoisotopic (exact) mass is 315 g/mol. The summed E-state index contributed by atoms with van der Waals surface area (Å²) in [7, 11) is 1.91. The van der Waals surface area contributed by atoms with Crippen LogP contribution in [0.5, 0.6) is 0 Å². The molecule has 0 spiro atoms. The van der Waals surface area contributed by atoms with Gasteiger partial charge >= 0.3 is 0 Å². The van der Waals surface area contributed by atoms with E-state index in [1.807, 2.05) is 42.1 Å².